The maximum Gasteiger partial charge on any atom is 0.319 e. The number of hydrogen-bond donors (Lipinski definition) is 2. The molecule has 0 heterocycles. The number of nitrogens with one attached hydrogen (secondary N) is 2. The van der Waals surface area contributed by atoms with Crippen molar-refractivity contribution in [1.82, 2.24) is 10.2 Å². The number of nitrogens with zero attached hydrogens (tertiary/aromatic N) is 1. The predicted molar refractivity (Wildman–Crippen MR) is 124 cm³/mol. The second-order valence-electron chi connectivity index (χ2n) is 7.00. The van der Waals surface area contributed by atoms with E-state index in [1.165, 1.54) is 12.7 Å². The van der Waals surface area contributed by atoms with E-state index in [0.717, 1.165) is 49.1 Å². The first-order chi connectivity index (χ1) is 14.6. The molecule has 0 saturated heterocycles. The molecule has 0 saturated carbocycles. The van der Waals surface area contributed by atoms with Gasteiger partial charge in [-0.15, -0.1) is 0 Å². The van der Waals surface area contributed by atoms with E-state index in [2.05, 4.69) is 43.6 Å². The van der Waals surface area contributed by atoms with Gasteiger partial charge in [-0.1, -0.05) is 46.3 Å². The van der Waals surface area contributed by atoms with E-state index >= 15 is 0 Å². The number of halogens is 1. The number of carbonyl (C=O) groups is 2. The van der Waals surface area contributed by atoms with Gasteiger partial charge >= 0.3 is 12.0 Å². The molecule has 2 aromatic rings. The molecule has 30 heavy (non-hydrogen) atoms. The highest BCUT2D eigenvalue weighted by Gasteiger charge is 2.08. The minimum Gasteiger partial charge on any atom is -0.469 e. The van der Waals surface area contributed by atoms with E-state index in [4.69, 9.17) is 4.74 Å². The van der Waals surface area contributed by atoms with Gasteiger partial charge in [0.25, 0.3) is 0 Å². The summed E-state index contributed by atoms with van der Waals surface area (Å²) in [4.78, 5) is 25.8. The second kappa shape index (κ2) is 13.8. The summed E-state index contributed by atoms with van der Waals surface area (Å²) in [6, 6.07) is 17.6. The molecule has 2 N–H and O–H groups in total. The van der Waals surface area contributed by atoms with E-state index in [1.54, 1.807) is 0 Å². The fourth-order valence-corrected chi connectivity index (χ4v) is 3.29. The van der Waals surface area contributed by atoms with Crippen molar-refractivity contribution in [2.45, 2.75) is 25.7 Å². The van der Waals surface area contributed by atoms with Crippen LogP contribution in [0.5, 0.6) is 0 Å². The fraction of sp³-hybridized carbons (Fsp3) is 0.391. The van der Waals surface area contributed by atoms with Crippen LogP contribution in [0.1, 0.15) is 24.8 Å². The molecule has 2 aromatic carbocycles. The smallest absolute Gasteiger partial charge is 0.319 e. The Bertz CT molecular complexity index is 769. The average Bonchev–Trinajstić information content (AvgIpc) is 2.76. The lowest BCUT2D eigenvalue weighted by Gasteiger charge is -2.22. The van der Waals surface area contributed by atoms with E-state index in [9.17, 15) is 9.59 Å². The van der Waals surface area contributed by atoms with E-state index < -0.39 is 0 Å². The quantitative estimate of drug-likeness (QED) is 0.351. The number of esters is 1. The first-order valence-corrected chi connectivity index (χ1v) is 11.0. The van der Waals surface area contributed by atoms with Crippen LogP contribution < -0.4 is 10.6 Å². The zero-order chi connectivity index (χ0) is 21.6. The van der Waals surface area contributed by atoms with Crippen LogP contribution in [0.3, 0.4) is 0 Å². The van der Waals surface area contributed by atoms with Gasteiger partial charge in [-0.05, 0) is 62.2 Å². The fourth-order valence-electron chi connectivity index (χ4n) is 3.03. The van der Waals surface area contributed by atoms with Crippen LogP contribution in [0, 0.1) is 0 Å². The van der Waals surface area contributed by atoms with Gasteiger partial charge in [0.05, 0.1) is 7.11 Å². The molecule has 0 aliphatic rings. The SMILES string of the molecule is COC(=O)CCCN(CCCNC(=O)Nc1ccc(Br)cc1)CCc1ccccc1. The summed E-state index contributed by atoms with van der Waals surface area (Å²) in [7, 11) is 1.42. The lowest BCUT2D eigenvalue weighted by atomic mass is 10.1. The van der Waals surface area contributed by atoms with Crippen molar-refractivity contribution in [3.63, 3.8) is 0 Å². The maximum absolute atomic E-state index is 12.0. The standard InChI is InChI=1S/C23H30BrN3O3/c1-30-22(28)9-5-16-27(18-14-19-7-3-2-4-8-19)17-6-15-25-23(29)26-21-12-10-20(24)11-13-21/h2-4,7-8,10-13H,5-6,9,14-18H2,1H3,(H2,25,26,29). The zero-order valence-electron chi connectivity index (χ0n) is 17.4. The third kappa shape index (κ3) is 9.89. The highest BCUT2D eigenvalue weighted by molar-refractivity contribution is 9.10. The molecule has 0 spiro atoms. The molecule has 0 radical (unpaired) electrons. The van der Waals surface area contributed by atoms with Crippen LogP contribution in [0.25, 0.3) is 0 Å². The molecule has 0 aliphatic heterocycles. The molecular formula is C23H30BrN3O3. The van der Waals surface area contributed by atoms with Crippen LogP contribution in [-0.4, -0.2) is 50.2 Å². The van der Waals surface area contributed by atoms with Gasteiger partial charge in [-0.25, -0.2) is 4.79 Å². The molecule has 2 amide bonds. The number of anilines is 1. The topological polar surface area (TPSA) is 70.7 Å². The first-order valence-electron chi connectivity index (χ1n) is 10.2. The molecule has 0 bridgehead atoms. The van der Waals surface area contributed by atoms with Gasteiger partial charge in [-0.2, -0.15) is 0 Å². The highest BCUT2D eigenvalue weighted by atomic mass is 79.9. The molecule has 162 valence electrons. The Morgan fingerprint density at radius 1 is 0.967 bits per heavy atom. The summed E-state index contributed by atoms with van der Waals surface area (Å²) < 4.78 is 5.70. The van der Waals surface area contributed by atoms with Crippen molar-refractivity contribution >= 4 is 33.6 Å². The summed E-state index contributed by atoms with van der Waals surface area (Å²) >= 11 is 3.38. The Kier molecular flexibility index (Phi) is 11.0. The maximum atomic E-state index is 12.0. The molecule has 0 atom stereocenters. The van der Waals surface area contributed by atoms with Crippen LogP contribution in [0.15, 0.2) is 59.1 Å². The van der Waals surface area contributed by atoms with E-state index in [1.807, 2.05) is 42.5 Å². The van der Waals surface area contributed by atoms with E-state index in [-0.39, 0.29) is 12.0 Å². The first kappa shape index (κ1) is 23.9. The molecule has 0 aliphatic carbocycles. The van der Waals surface area contributed by atoms with Crippen molar-refractivity contribution in [2.75, 3.05) is 38.6 Å². The molecular weight excluding hydrogens is 446 g/mol. The molecule has 0 fully saturated rings. The predicted octanol–water partition coefficient (Wildman–Crippen LogP) is 4.46. The Morgan fingerprint density at radius 2 is 1.67 bits per heavy atom. The number of ether oxygens (including phenoxy) is 1. The number of benzene rings is 2. The Labute approximate surface area is 187 Å². The molecule has 0 unspecified atom stereocenters. The third-order valence-electron chi connectivity index (χ3n) is 4.68. The van der Waals surface area contributed by atoms with Crippen LogP contribution >= 0.6 is 15.9 Å². The summed E-state index contributed by atoms with van der Waals surface area (Å²) in [6.45, 7) is 3.18. The molecule has 7 heteroatoms. The Hall–Kier alpha value is -2.38. The van der Waals surface area contributed by atoms with Crippen LogP contribution in [0.2, 0.25) is 0 Å². The van der Waals surface area contributed by atoms with Gasteiger partial charge in [0.2, 0.25) is 0 Å². The van der Waals surface area contributed by atoms with Crippen LogP contribution in [-0.2, 0) is 16.0 Å². The zero-order valence-corrected chi connectivity index (χ0v) is 19.0. The minimum absolute atomic E-state index is 0.177. The number of carbonyl (C=O) groups excluding carboxylic acids is 2. The van der Waals surface area contributed by atoms with Gasteiger partial charge in [0, 0.05) is 29.7 Å². The lowest BCUT2D eigenvalue weighted by molar-refractivity contribution is -0.140. The molecule has 6 nitrogen and oxygen atoms in total. The largest absolute Gasteiger partial charge is 0.469 e. The summed E-state index contributed by atoms with van der Waals surface area (Å²) in [5.41, 5.74) is 2.05. The van der Waals surface area contributed by atoms with Gasteiger partial charge in [0.1, 0.15) is 0 Å². The molecule has 0 aromatic heterocycles. The average molecular weight is 476 g/mol. The normalized spacial score (nSPS) is 10.6. The van der Waals surface area contributed by atoms with Gasteiger partial charge in [0.15, 0.2) is 0 Å². The summed E-state index contributed by atoms with van der Waals surface area (Å²) in [5.74, 6) is -0.177. The highest BCUT2D eigenvalue weighted by Crippen LogP contribution is 2.13. The van der Waals surface area contributed by atoms with Crippen molar-refractivity contribution in [1.29, 1.82) is 0 Å². The molecule has 2 rings (SSSR count). The number of amides is 2. The van der Waals surface area contributed by atoms with Gasteiger partial charge < -0.3 is 20.3 Å². The minimum atomic E-state index is -0.209. The van der Waals surface area contributed by atoms with Crippen LogP contribution in [0.4, 0.5) is 10.5 Å². The van der Waals surface area contributed by atoms with Crippen molar-refractivity contribution in [3.05, 3.63) is 64.6 Å². The number of hydrogen-bond acceptors (Lipinski definition) is 4. The Balaban J connectivity index is 1.72. The third-order valence-corrected chi connectivity index (χ3v) is 5.21. The monoisotopic (exact) mass is 475 g/mol. The summed E-state index contributed by atoms with van der Waals surface area (Å²) in [6.07, 6.45) is 2.97. The lowest BCUT2D eigenvalue weighted by Crippen LogP contribution is -2.34. The van der Waals surface area contributed by atoms with Crippen molar-refractivity contribution < 1.29 is 14.3 Å². The van der Waals surface area contributed by atoms with Gasteiger partial charge in [-0.3, -0.25) is 4.79 Å². The number of urea groups is 1. The number of rotatable bonds is 12. The van der Waals surface area contributed by atoms with Crippen molar-refractivity contribution in [3.8, 4) is 0 Å². The second-order valence-corrected chi connectivity index (χ2v) is 7.91. The number of methoxy groups -OCH3 is 1. The Morgan fingerprint density at radius 3 is 2.37 bits per heavy atom. The summed E-state index contributed by atoms with van der Waals surface area (Å²) in [5, 5.41) is 5.72. The van der Waals surface area contributed by atoms with E-state index in [0.29, 0.717) is 13.0 Å². The van der Waals surface area contributed by atoms with Crippen molar-refractivity contribution in [2.24, 2.45) is 0 Å².